The van der Waals surface area contributed by atoms with Crippen LogP contribution in [0, 0.1) is 13.8 Å². The van der Waals surface area contributed by atoms with Crippen LogP contribution in [0.4, 0.5) is 0 Å². The van der Waals surface area contributed by atoms with Crippen LogP contribution < -0.4 is 0 Å². The van der Waals surface area contributed by atoms with E-state index < -0.39 is 5.41 Å². The van der Waals surface area contributed by atoms with Gasteiger partial charge in [-0.25, -0.2) is 9.97 Å². The van der Waals surface area contributed by atoms with Crippen LogP contribution in [-0.4, -0.2) is 16.3 Å². The number of carbonyl (C=O) groups is 1. The van der Waals surface area contributed by atoms with Crippen molar-refractivity contribution in [2.45, 2.75) is 33.1 Å². The Morgan fingerprint density at radius 1 is 1.23 bits per heavy atom. The number of carbonyl (C=O) groups excluding carboxylic acids is 1. The maximum Gasteiger partial charge on any atom is 0.141 e. The summed E-state index contributed by atoms with van der Waals surface area (Å²) < 4.78 is 0. The maximum atomic E-state index is 10.8. The molecule has 0 bridgehead atoms. The Morgan fingerprint density at radius 2 is 1.69 bits per heavy atom. The molecule has 0 atom stereocenters. The fourth-order valence-electron chi connectivity index (χ4n) is 1.07. The van der Waals surface area contributed by atoms with Gasteiger partial charge in [-0.3, -0.25) is 0 Å². The monoisotopic (exact) mass is 178 g/mol. The van der Waals surface area contributed by atoms with E-state index in [2.05, 4.69) is 9.97 Å². The lowest BCUT2D eigenvalue weighted by atomic mass is 9.94. The summed E-state index contributed by atoms with van der Waals surface area (Å²) in [5.74, 6) is 0.597. The second-order valence-corrected chi connectivity index (χ2v) is 3.81. The lowest BCUT2D eigenvalue weighted by Gasteiger charge is -2.15. The van der Waals surface area contributed by atoms with Crippen molar-refractivity contribution in [3.05, 3.63) is 23.3 Å². The fourth-order valence-corrected chi connectivity index (χ4v) is 1.07. The summed E-state index contributed by atoms with van der Waals surface area (Å²) in [5.41, 5.74) is 1.21. The first-order valence-corrected chi connectivity index (χ1v) is 4.25. The quantitative estimate of drug-likeness (QED) is 0.645. The van der Waals surface area contributed by atoms with Crippen molar-refractivity contribution in [1.29, 1.82) is 0 Å². The molecule has 1 aromatic heterocycles. The van der Waals surface area contributed by atoms with Gasteiger partial charge in [0.15, 0.2) is 0 Å². The molecule has 1 rings (SSSR count). The fraction of sp³-hybridized carbons (Fsp3) is 0.500. The van der Waals surface area contributed by atoms with E-state index in [0.717, 1.165) is 17.7 Å². The van der Waals surface area contributed by atoms with Crippen LogP contribution in [0.15, 0.2) is 6.07 Å². The highest BCUT2D eigenvalue weighted by molar-refractivity contribution is 5.64. The zero-order valence-electron chi connectivity index (χ0n) is 8.46. The summed E-state index contributed by atoms with van der Waals surface area (Å²) in [6.07, 6.45) is 0.876. The molecule has 0 amide bonds. The van der Waals surface area contributed by atoms with Gasteiger partial charge in [0.1, 0.15) is 12.1 Å². The number of aryl methyl sites for hydroxylation is 2. The number of aromatic nitrogens is 2. The van der Waals surface area contributed by atoms with Crippen molar-refractivity contribution in [2.75, 3.05) is 0 Å². The van der Waals surface area contributed by atoms with Gasteiger partial charge in [-0.05, 0) is 33.8 Å². The molecule has 0 aliphatic carbocycles. The molecule has 0 spiro atoms. The van der Waals surface area contributed by atoms with Gasteiger partial charge in [-0.15, -0.1) is 0 Å². The van der Waals surface area contributed by atoms with E-state index in [4.69, 9.17) is 0 Å². The van der Waals surface area contributed by atoms with Crippen LogP contribution in [-0.2, 0) is 10.2 Å². The van der Waals surface area contributed by atoms with Crippen LogP contribution in [0.5, 0.6) is 0 Å². The van der Waals surface area contributed by atoms with Gasteiger partial charge in [0.25, 0.3) is 0 Å². The SMILES string of the molecule is Cc1cc(C)nc(C(C)(C)C=O)n1. The zero-order chi connectivity index (χ0) is 10.1. The van der Waals surface area contributed by atoms with Gasteiger partial charge in [0, 0.05) is 11.4 Å². The van der Waals surface area contributed by atoms with E-state index in [1.54, 1.807) is 0 Å². The lowest BCUT2D eigenvalue weighted by Crippen LogP contribution is -2.23. The number of nitrogens with zero attached hydrogens (tertiary/aromatic N) is 2. The van der Waals surface area contributed by atoms with E-state index in [0.29, 0.717) is 5.82 Å². The molecule has 0 N–H and O–H groups in total. The highest BCUT2D eigenvalue weighted by atomic mass is 16.1. The van der Waals surface area contributed by atoms with Gasteiger partial charge in [0.2, 0.25) is 0 Å². The van der Waals surface area contributed by atoms with Crippen molar-refractivity contribution < 1.29 is 4.79 Å². The molecular weight excluding hydrogens is 164 g/mol. The Hall–Kier alpha value is -1.25. The smallest absolute Gasteiger partial charge is 0.141 e. The van der Waals surface area contributed by atoms with Gasteiger partial charge in [0.05, 0.1) is 5.41 Å². The predicted octanol–water partition coefficient (Wildman–Crippen LogP) is 1.57. The normalized spacial score (nSPS) is 11.4. The molecule has 0 saturated carbocycles. The minimum absolute atomic E-state index is 0.587. The maximum absolute atomic E-state index is 10.8. The topological polar surface area (TPSA) is 42.9 Å². The van der Waals surface area contributed by atoms with Crippen molar-refractivity contribution in [3.8, 4) is 0 Å². The third-order valence-electron chi connectivity index (χ3n) is 1.85. The first-order chi connectivity index (χ1) is 5.95. The molecule has 13 heavy (non-hydrogen) atoms. The second kappa shape index (κ2) is 3.24. The molecule has 0 radical (unpaired) electrons. The largest absolute Gasteiger partial charge is 0.302 e. The lowest BCUT2D eigenvalue weighted by molar-refractivity contribution is -0.111. The summed E-state index contributed by atoms with van der Waals surface area (Å²) in [4.78, 5) is 19.2. The van der Waals surface area contributed by atoms with Gasteiger partial charge in [-0.2, -0.15) is 0 Å². The summed E-state index contributed by atoms with van der Waals surface area (Å²) in [6.45, 7) is 7.43. The van der Waals surface area contributed by atoms with E-state index in [-0.39, 0.29) is 0 Å². The highest BCUT2D eigenvalue weighted by Gasteiger charge is 2.23. The Morgan fingerprint density at radius 3 is 2.08 bits per heavy atom. The molecule has 0 saturated heterocycles. The Kier molecular flexibility index (Phi) is 2.45. The van der Waals surface area contributed by atoms with Crippen molar-refractivity contribution >= 4 is 6.29 Å². The molecule has 0 aliphatic rings. The molecule has 0 aliphatic heterocycles. The van der Waals surface area contributed by atoms with Gasteiger partial charge in [-0.1, -0.05) is 0 Å². The highest BCUT2D eigenvalue weighted by Crippen LogP contribution is 2.16. The van der Waals surface area contributed by atoms with Crippen molar-refractivity contribution in [2.24, 2.45) is 0 Å². The summed E-state index contributed by atoms with van der Waals surface area (Å²) in [7, 11) is 0. The minimum Gasteiger partial charge on any atom is -0.302 e. The molecule has 0 aromatic carbocycles. The van der Waals surface area contributed by atoms with Crippen molar-refractivity contribution in [1.82, 2.24) is 9.97 Å². The Balaban J connectivity index is 3.22. The second-order valence-electron chi connectivity index (χ2n) is 3.81. The molecule has 0 fully saturated rings. The zero-order valence-corrected chi connectivity index (χ0v) is 8.46. The third kappa shape index (κ3) is 2.11. The Labute approximate surface area is 78.2 Å². The van der Waals surface area contributed by atoms with Crippen LogP contribution in [0.3, 0.4) is 0 Å². The van der Waals surface area contributed by atoms with Gasteiger partial charge >= 0.3 is 0 Å². The molecule has 0 unspecified atom stereocenters. The molecular formula is C10H14N2O. The van der Waals surface area contributed by atoms with E-state index in [1.165, 1.54) is 0 Å². The van der Waals surface area contributed by atoms with Gasteiger partial charge < -0.3 is 4.79 Å². The third-order valence-corrected chi connectivity index (χ3v) is 1.85. The molecule has 1 aromatic rings. The molecule has 3 nitrogen and oxygen atoms in total. The molecule has 70 valence electrons. The summed E-state index contributed by atoms with van der Waals surface area (Å²) in [5, 5.41) is 0. The number of rotatable bonds is 2. The van der Waals surface area contributed by atoms with Crippen LogP contribution in [0.25, 0.3) is 0 Å². The first kappa shape index (κ1) is 9.84. The summed E-state index contributed by atoms with van der Waals surface area (Å²) in [6, 6.07) is 1.89. The van der Waals surface area contributed by atoms with E-state index in [1.807, 2.05) is 33.8 Å². The van der Waals surface area contributed by atoms with E-state index >= 15 is 0 Å². The van der Waals surface area contributed by atoms with Crippen molar-refractivity contribution in [3.63, 3.8) is 0 Å². The number of hydrogen-bond acceptors (Lipinski definition) is 3. The number of aldehydes is 1. The first-order valence-electron chi connectivity index (χ1n) is 4.25. The average Bonchev–Trinajstić information content (AvgIpc) is 2.02. The van der Waals surface area contributed by atoms with Crippen LogP contribution in [0.2, 0.25) is 0 Å². The summed E-state index contributed by atoms with van der Waals surface area (Å²) >= 11 is 0. The Bertz CT molecular complexity index is 311. The minimum atomic E-state index is -0.587. The van der Waals surface area contributed by atoms with Crippen LogP contribution in [0.1, 0.15) is 31.1 Å². The number of hydrogen-bond donors (Lipinski definition) is 0. The average molecular weight is 178 g/mol. The molecule has 1 heterocycles. The van der Waals surface area contributed by atoms with E-state index in [9.17, 15) is 4.79 Å². The predicted molar refractivity (Wildman–Crippen MR) is 50.6 cm³/mol. The van der Waals surface area contributed by atoms with Crippen LogP contribution >= 0.6 is 0 Å². The molecule has 3 heteroatoms. The standard InChI is InChI=1S/C10H14N2O/c1-7-5-8(2)12-9(11-7)10(3,4)6-13/h5-6H,1-4H3.